The van der Waals surface area contributed by atoms with Gasteiger partial charge in [0.05, 0.1) is 7.11 Å². The number of rotatable bonds is 4. The lowest BCUT2D eigenvalue weighted by Crippen LogP contribution is -2.47. The van der Waals surface area contributed by atoms with Crippen molar-refractivity contribution in [1.82, 2.24) is 29.5 Å². The van der Waals surface area contributed by atoms with Gasteiger partial charge in [0, 0.05) is 56.2 Å². The quantitative estimate of drug-likeness (QED) is 0.703. The molecule has 1 saturated heterocycles. The number of hydrogen-bond acceptors (Lipinski definition) is 7. The van der Waals surface area contributed by atoms with Crippen molar-refractivity contribution in [3.8, 4) is 5.88 Å². The molecular formula is C18H23N7O. The van der Waals surface area contributed by atoms with E-state index in [1.807, 2.05) is 23.7 Å². The van der Waals surface area contributed by atoms with Crippen LogP contribution in [-0.2, 0) is 6.54 Å². The zero-order valence-electron chi connectivity index (χ0n) is 15.4. The van der Waals surface area contributed by atoms with Gasteiger partial charge in [-0.2, -0.15) is 14.6 Å². The molecule has 4 heterocycles. The minimum Gasteiger partial charge on any atom is -0.481 e. The highest BCUT2D eigenvalue weighted by Gasteiger charge is 2.22. The van der Waals surface area contributed by atoms with E-state index in [1.165, 1.54) is 5.56 Å². The number of anilines is 1. The predicted molar refractivity (Wildman–Crippen MR) is 98.5 cm³/mol. The molecule has 8 nitrogen and oxygen atoms in total. The topological polar surface area (TPSA) is 71.7 Å². The van der Waals surface area contributed by atoms with E-state index in [-0.39, 0.29) is 0 Å². The van der Waals surface area contributed by atoms with Gasteiger partial charge in [0.2, 0.25) is 5.88 Å². The van der Waals surface area contributed by atoms with Crippen LogP contribution in [0.25, 0.3) is 5.78 Å². The van der Waals surface area contributed by atoms with Gasteiger partial charge in [0.1, 0.15) is 12.1 Å². The summed E-state index contributed by atoms with van der Waals surface area (Å²) in [4.78, 5) is 17.9. The second kappa shape index (κ2) is 6.87. The molecule has 8 heteroatoms. The van der Waals surface area contributed by atoms with Crippen molar-refractivity contribution in [2.75, 3.05) is 38.2 Å². The van der Waals surface area contributed by atoms with Crippen molar-refractivity contribution in [2.24, 2.45) is 0 Å². The molecule has 0 aliphatic carbocycles. The molecule has 0 bridgehead atoms. The average molecular weight is 353 g/mol. The fourth-order valence-electron chi connectivity index (χ4n) is 3.39. The molecule has 136 valence electrons. The molecule has 0 N–H and O–H groups in total. The first-order valence-electron chi connectivity index (χ1n) is 8.79. The van der Waals surface area contributed by atoms with Gasteiger partial charge in [-0.3, -0.25) is 4.90 Å². The lowest BCUT2D eigenvalue weighted by molar-refractivity contribution is 0.248. The van der Waals surface area contributed by atoms with Crippen LogP contribution in [0.4, 0.5) is 5.82 Å². The van der Waals surface area contributed by atoms with Crippen LogP contribution in [0.1, 0.15) is 16.8 Å². The van der Waals surface area contributed by atoms with Crippen LogP contribution in [-0.4, -0.2) is 62.8 Å². The Morgan fingerprint density at radius 1 is 1.08 bits per heavy atom. The third-order valence-electron chi connectivity index (χ3n) is 4.96. The summed E-state index contributed by atoms with van der Waals surface area (Å²) < 4.78 is 6.97. The summed E-state index contributed by atoms with van der Waals surface area (Å²) in [5.74, 6) is 2.42. The fourth-order valence-corrected chi connectivity index (χ4v) is 3.39. The highest BCUT2D eigenvalue weighted by Crippen LogP contribution is 2.24. The maximum absolute atomic E-state index is 5.12. The molecule has 1 aliphatic rings. The van der Waals surface area contributed by atoms with E-state index < -0.39 is 0 Å². The van der Waals surface area contributed by atoms with Crippen LogP contribution < -0.4 is 9.64 Å². The van der Waals surface area contributed by atoms with Crippen molar-refractivity contribution in [3.63, 3.8) is 0 Å². The van der Waals surface area contributed by atoms with Crippen LogP contribution in [0.15, 0.2) is 24.7 Å². The van der Waals surface area contributed by atoms with Crippen molar-refractivity contribution in [1.29, 1.82) is 0 Å². The number of fused-ring (bicyclic) bond motifs is 1. The number of methoxy groups -OCH3 is 1. The smallest absolute Gasteiger partial charge is 0.254 e. The van der Waals surface area contributed by atoms with Gasteiger partial charge < -0.3 is 9.64 Å². The molecular weight excluding hydrogens is 330 g/mol. The highest BCUT2D eigenvalue weighted by molar-refractivity contribution is 5.54. The number of aryl methyl sites for hydroxylation is 1. The van der Waals surface area contributed by atoms with Crippen LogP contribution in [0.3, 0.4) is 0 Å². The number of nitrogens with zero attached hydrogens (tertiary/aromatic N) is 7. The second-order valence-corrected chi connectivity index (χ2v) is 6.59. The maximum atomic E-state index is 5.12. The van der Waals surface area contributed by atoms with Gasteiger partial charge >= 0.3 is 0 Å². The molecule has 1 fully saturated rings. The largest absolute Gasteiger partial charge is 0.481 e. The monoisotopic (exact) mass is 353 g/mol. The fraction of sp³-hybridized carbons (Fsp3) is 0.444. The molecule has 0 spiro atoms. The van der Waals surface area contributed by atoms with E-state index >= 15 is 0 Å². The highest BCUT2D eigenvalue weighted by atomic mass is 16.5. The van der Waals surface area contributed by atoms with Crippen molar-refractivity contribution in [3.05, 3.63) is 41.5 Å². The first-order chi connectivity index (χ1) is 12.7. The van der Waals surface area contributed by atoms with Crippen molar-refractivity contribution in [2.45, 2.75) is 20.4 Å². The van der Waals surface area contributed by atoms with Crippen LogP contribution in [0.5, 0.6) is 5.88 Å². The van der Waals surface area contributed by atoms with E-state index in [2.05, 4.69) is 42.8 Å². The van der Waals surface area contributed by atoms with Gasteiger partial charge in [-0.1, -0.05) is 6.07 Å². The van der Waals surface area contributed by atoms with Crippen LogP contribution in [0.2, 0.25) is 0 Å². The summed E-state index contributed by atoms with van der Waals surface area (Å²) in [5.41, 5.74) is 3.37. The minimum absolute atomic E-state index is 0.652. The molecule has 0 saturated carbocycles. The molecule has 0 atom stereocenters. The Morgan fingerprint density at radius 2 is 1.88 bits per heavy atom. The average Bonchev–Trinajstić information content (AvgIpc) is 3.12. The van der Waals surface area contributed by atoms with Gasteiger partial charge in [-0.05, 0) is 19.4 Å². The van der Waals surface area contributed by atoms with Crippen molar-refractivity contribution < 1.29 is 4.74 Å². The molecule has 0 aromatic carbocycles. The van der Waals surface area contributed by atoms with Gasteiger partial charge in [-0.15, -0.1) is 0 Å². The summed E-state index contributed by atoms with van der Waals surface area (Å²) in [6.45, 7) is 8.91. The minimum atomic E-state index is 0.652. The van der Waals surface area contributed by atoms with E-state index in [4.69, 9.17) is 4.74 Å². The second-order valence-electron chi connectivity index (χ2n) is 6.59. The summed E-state index contributed by atoms with van der Waals surface area (Å²) in [6.07, 6.45) is 3.46. The maximum Gasteiger partial charge on any atom is 0.254 e. The number of aromatic nitrogens is 5. The molecule has 4 rings (SSSR count). The Balaban J connectivity index is 1.47. The van der Waals surface area contributed by atoms with Gasteiger partial charge in [0.15, 0.2) is 0 Å². The number of ether oxygens (including phenoxy) is 1. The Bertz CT molecular complexity index is 898. The van der Waals surface area contributed by atoms with E-state index in [1.54, 1.807) is 13.4 Å². The zero-order valence-corrected chi connectivity index (χ0v) is 15.4. The molecule has 3 aromatic heterocycles. The normalized spacial score (nSPS) is 15.6. The molecule has 3 aromatic rings. The Kier molecular flexibility index (Phi) is 4.42. The third kappa shape index (κ3) is 3.08. The standard InChI is InChI=1S/C18H23N7O/c1-13-14(2)22-18-20-12-21-25(18)17(13)24-8-6-23(7-9-24)11-15-4-5-16(26-3)19-10-15/h4-5,10,12H,6-9,11H2,1-3H3. The van der Waals surface area contributed by atoms with E-state index in [0.717, 1.165) is 49.8 Å². The van der Waals surface area contributed by atoms with E-state index in [0.29, 0.717) is 11.7 Å². The summed E-state index contributed by atoms with van der Waals surface area (Å²) >= 11 is 0. The zero-order chi connectivity index (χ0) is 18.1. The lowest BCUT2D eigenvalue weighted by Gasteiger charge is -2.36. The Hall–Kier alpha value is -2.74. The van der Waals surface area contributed by atoms with E-state index in [9.17, 15) is 0 Å². The molecule has 0 radical (unpaired) electrons. The first kappa shape index (κ1) is 16.7. The summed E-state index contributed by atoms with van der Waals surface area (Å²) in [5, 5.41) is 4.37. The first-order valence-corrected chi connectivity index (χ1v) is 8.79. The molecule has 26 heavy (non-hydrogen) atoms. The van der Waals surface area contributed by atoms with Crippen molar-refractivity contribution >= 4 is 11.6 Å². The Labute approximate surface area is 152 Å². The number of pyridine rings is 1. The molecule has 1 aliphatic heterocycles. The van der Waals surface area contributed by atoms with Gasteiger partial charge in [0.25, 0.3) is 5.78 Å². The Morgan fingerprint density at radius 3 is 2.58 bits per heavy atom. The molecule has 0 amide bonds. The number of hydrogen-bond donors (Lipinski definition) is 0. The molecule has 0 unspecified atom stereocenters. The number of piperazine rings is 1. The SMILES string of the molecule is COc1ccc(CN2CCN(c3c(C)c(C)nc4ncnn34)CC2)cn1. The predicted octanol–water partition coefficient (Wildman–Crippen LogP) is 1.47. The summed E-state index contributed by atoms with van der Waals surface area (Å²) in [6, 6.07) is 3.99. The van der Waals surface area contributed by atoms with Crippen LogP contribution >= 0.6 is 0 Å². The van der Waals surface area contributed by atoms with Gasteiger partial charge in [-0.25, -0.2) is 9.97 Å². The summed E-state index contributed by atoms with van der Waals surface area (Å²) in [7, 11) is 1.64. The van der Waals surface area contributed by atoms with Crippen LogP contribution in [0, 0.1) is 13.8 Å². The third-order valence-corrected chi connectivity index (χ3v) is 4.96. The lowest BCUT2D eigenvalue weighted by atomic mass is 10.2.